The quantitative estimate of drug-likeness (QED) is 0.655. The smallest absolute Gasteiger partial charge is 0.258 e. The molecule has 0 aliphatic carbocycles. The van der Waals surface area contributed by atoms with Crippen molar-refractivity contribution < 1.29 is 23.0 Å². The molecule has 0 radical (unpaired) electrons. The normalized spacial score (nSPS) is 17.7. The van der Waals surface area contributed by atoms with Crippen LogP contribution in [0.3, 0.4) is 0 Å². The Hall–Kier alpha value is -1.37. The number of piperidine rings is 1. The Morgan fingerprint density at radius 2 is 1.88 bits per heavy atom. The lowest BCUT2D eigenvalue weighted by Crippen LogP contribution is -2.48. The molecule has 0 aromatic heterocycles. The number of nitrogens with zero attached hydrogens (tertiary/aromatic N) is 1. The van der Waals surface area contributed by atoms with Gasteiger partial charge in [-0.2, -0.15) is 0 Å². The van der Waals surface area contributed by atoms with Gasteiger partial charge in [-0.3, -0.25) is 4.79 Å². The molecule has 1 aliphatic heterocycles. The van der Waals surface area contributed by atoms with E-state index in [1.54, 1.807) is 12.1 Å². The molecule has 1 fully saturated rings. The molecule has 1 aliphatic rings. The first-order valence-corrected chi connectivity index (χ1v) is 9.42. The number of likely N-dealkylation sites (tertiary alicyclic amines) is 1. The van der Waals surface area contributed by atoms with Gasteiger partial charge in [0.1, 0.15) is 0 Å². The number of carbonyl (C=O) groups is 1. The molecule has 1 heterocycles. The molecule has 7 heteroatoms. The summed E-state index contributed by atoms with van der Waals surface area (Å²) in [6.07, 6.45) is -0.593. The summed E-state index contributed by atoms with van der Waals surface area (Å²) in [6.45, 7) is 5.09. The van der Waals surface area contributed by atoms with Crippen molar-refractivity contribution in [2.24, 2.45) is 0 Å². The van der Waals surface area contributed by atoms with Gasteiger partial charge < -0.3 is 14.4 Å². The van der Waals surface area contributed by atoms with Crippen molar-refractivity contribution >= 4 is 21.8 Å². The standard InChI is InChI=1S/C18H24BrF2NO3/c1-3-24-15-9-12(13(19)11-16(15)25-4-2)10-17(23)22-8-6-5-7-14(22)18(20)21/h9,11,14,18H,3-8,10H2,1-2H3. The van der Waals surface area contributed by atoms with Gasteiger partial charge in [0.05, 0.1) is 25.7 Å². The van der Waals surface area contributed by atoms with E-state index in [1.165, 1.54) is 4.90 Å². The van der Waals surface area contributed by atoms with Crippen LogP contribution in [0.2, 0.25) is 0 Å². The van der Waals surface area contributed by atoms with E-state index in [1.807, 2.05) is 13.8 Å². The molecule has 0 bridgehead atoms. The number of rotatable bonds is 7. The van der Waals surface area contributed by atoms with Gasteiger partial charge in [0.2, 0.25) is 5.91 Å². The molecule has 1 amide bonds. The highest BCUT2D eigenvalue weighted by Crippen LogP contribution is 2.34. The predicted molar refractivity (Wildman–Crippen MR) is 95.5 cm³/mol. The van der Waals surface area contributed by atoms with Gasteiger partial charge in [-0.1, -0.05) is 15.9 Å². The summed E-state index contributed by atoms with van der Waals surface area (Å²) in [5.41, 5.74) is 0.704. The Morgan fingerprint density at radius 1 is 1.24 bits per heavy atom. The molecule has 25 heavy (non-hydrogen) atoms. The van der Waals surface area contributed by atoms with Gasteiger partial charge in [0, 0.05) is 11.0 Å². The van der Waals surface area contributed by atoms with Crippen molar-refractivity contribution in [1.82, 2.24) is 4.90 Å². The maximum Gasteiger partial charge on any atom is 0.258 e. The second kappa shape index (κ2) is 9.36. The third kappa shape index (κ3) is 5.06. The summed E-state index contributed by atoms with van der Waals surface area (Å²) in [6, 6.07) is 2.53. The highest BCUT2D eigenvalue weighted by atomic mass is 79.9. The number of halogens is 3. The number of carbonyl (C=O) groups excluding carboxylic acids is 1. The first-order chi connectivity index (χ1) is 12.0. The highest BCUT2D eigenvalue weighted by Gasteiger charge is 2.33. The third-order valence-corrected chi connectivity index (χ3v) is 4.95. The first-order valence-electron chi connectivity index (χ1n) is 8.63. The van der Waals surface area contributed by atoms with Crippen molar-refractivity contribution in [3.8, 4) is 11.5 Å². The lowest BCUT2D eigenvalue weighted by Gasteiger charge is -2.35. The van der Waals surface area contributed by atoms with E-state index in [-0.39, 0.29) is 12.3 Å². The van der Waals surface area contributed by atoms with Gasteiger partial charge in [-0.05, 0) is 50.8 Å². The number of ether oxygens (including phenoxy) is 2. The predicted octanol–water partition coefficient (Wildman–Crippen LogP) is 4.44. The van der Waals surface area contributed by atoms with Crippen LogP contribution in [0.1, 0.15) is 38.7 Å². The van der Waals surface area contributed by atoms with Crippen LogP contribution in [-0.4, -0.2) is 43.0 Å². The zero-order chi connectivity index (χ0) is 18.4. The first kappa shape index (κ1) is 19.9. The maximum absolute atomic E-state index is 13.2. The summed E-state index contributed by atoms with van der Waals surface area (Å²) in [5, 5.41) is 0. The second-order valence-electron chi connectivity index (χ2n) is 5.92. The number of amides is 1. The molecular formula is C18H24BrF2NO3. The van der Waals surface area contributed by atoms with E-state index in [9.17, 15) is 13.6 Å². The molecule has 1 aromatic rings. The van der Waals surface area contributed by atoms with Gasteiger partial charge in [0.25, 0.3) is 6.43 Å². The van der Waals surface area contributed by atoms with Crippen LogP contribution < -0.4 is 9.47 Å². The van der Waals surface area contributed by atoms with Crippen LogP contribution in [0.5, 0.6) is 11.5 Å². The van der Waals surface area contributed by atoms with Gasteiger partial charge in [-0.15, -0.1) is 0 Å². The molecule has 0 spiro atoms. The van der Waals surface area contributed by atoms with E-state index in [0.29, 0.717) is 47.7 Å². The zero-order valence-electron chi connectivity index (χ0n) is 14.6. The molecule has 4 nitrogen and oxygen atoms in total. The Labute approximate surface area is 155 Å². The van der Waals surface area contributed by atoms with Crippen LogP contribution >= 0.6 is 15.9 Å². The zero-order valence-corrected chi connectivity index (χ0v) is 16.2. The molecule has 0 saturated carbocycles. The van der Waals surface area contributed by atoms with Gasteiger partial charge >= 0.3 is 0 Å². The Balaban J connectivity index is 2.20. The average molecular weight is 420 g/mol. The van der Waals surface area contributed by atoms with E-state index < -0.39 is 12.5 Å². The Bertz CT molecular complexity index is 598. The number of hydrogen-bond donors (Lipinski definition) is 0. The fourth-order valence-electron chi connectivity index (χ4n) is 3.04. The van der Waals surface area contributed by atoms with Crippen LogP contribution in [0.4, 0.5) is 8.78 Å². The van der Waals surface area contributed by atoms with E-state index in [0.717, 1.165) is 12.8 Å². The summed E-state index contributed by atoms with van der Waals surface area (Å²) in [7, 11) is 0. The molecule has 2 rings (SSSR count). The lowest BCUT2D eigenvalue weighted by molar-refractivity contribution is -0.138. The largest absolute Gasteiger partial charge is 0.490 e. The van der Waals surface area contributed by atoms with Crippen LogP contribution in [-0.2, 0) is 11.2 Å². The molecule has 1 saturated heterocycles. The highest BCUT2D eigenvalue weighted by molar-refractivity contribution is 9.10. The molecule has 1 atom stereocenters. The van der Waals surface area contributed by atoms with Crippen molar-refractivity contribution in [1.29, 1.82) is 0 Å². The maximum atomic E-state index is 13.2. The van der Waals surface area contributed by atoms with Crippen molar-refractivity contribution in [3.05, 3.63) is 22.2 Å². The third-order valence-electron chi connectivity index (χ3n) is 4.21. The molecular weight excluding hydrogens is 396 g/mol. The number of benzene rings is 1. The van der Waals surface area contributed by atoms with Crippen molar-refractivity contribution in [3.63, 3.8) is 0 Å². The molecule has 0 N–H and O–H groups in total. The fraction of sp³-hybridized carbons (Fsp3) is 0.611. The van der Waals surface area contributed by atoms with Gasteiger partial charge in [-0.25, -0.2) is 8.78 Å². The average Bonchev–Trinajstić information content (AvgIpc) is 2.59. The summed E-state index contributed by atoms with van der Waals surface area (Å²) in [4.78, 5) is 13.9. The second-order valence-corrected chi connectivity index (χ2v) is 6.77. The lowest BCUT2D eigenvalue weighted by atomic mass is 10.0. The molecule has 1 aromatic carbocycles. The summed E-state index contributed by atoms with van der Waals surface area (Å²) >= 11 is 3.44. The van der Waals surface area contributed by atoms with E-state index in [4.69, 9.17) is 9.47 Å². The van der Waals surface area contributed by atoms with Crippen molar-refractivity contribution in [2.45, 2.75) is 52.0 Å². The number of alkyl halides is 2. The monoisotopic (exact) mass is 419 g/mol. The van der Waals surface area contributed by atoms with Crippen LogP contribution in [0, 0.1) is 0 Å². The molecule has 1 unspecified atom stereocenters. The summed E-state index contributed by atoms with van der Waals surface area (Å²) in [5.74, 6) is 0.868. The fourth-order valence-corrected chi connectivity index (χ4v) is 3.51. The topological polar surface area (TPSA) is 38.8 Å². The summed E-state index contributed by atoms with van der Waals surface area (Å²) < 4.78 is 38.3. The van der Waals surface area contributed by atoms with E-state index in [2.05, 4.69) is 15.9 Å². The van der Waals surface area contributed by atoms with E-state index >= 15 is 0 Å². The SMILES string of the molecule is CCOc1cc(Br)c(CC(=O)N2CCCCC2C(F)F)cc1OCC. The van der Waals surface area contributed by atoms with Crippen LogP contribution in [0.15, 0.2) is 16.6 Å². The minimum absolute atomic E-state index is 0.0519. The Morgan fingerprint density at radius 3 is 2.48 bits per heavy atom. The van der Waals surface area contributed by atoms with Crippen molar-refractivity contribution in [2.75, 3.05) is 19.8 Å². The van der Waals surface area contributed by atoms with Gasteiger partial charge in [0.15, 0.2) is 11.5 Å². The van der Waals surface area contributed by atoms with Crippen LogP contribution in [0.25, 0.3) is 0 Å². The minimum atomic E-state index is -2.51. The minimum Gasteiger partial charge on any atom is -0.490 e. The number of hydrogen-bond acceptors (Lipinski definition) is 3. The molecule has 140 valence electrons. The Kier molecular flexibility index (Phi) is 7.47.